The number of aryl methyl sites for hydroxylation is 1. The van der Waals surface area contributed by atoms with Crippen LogP contribution < -0.4 is 5.69 Å². The van der Waals surface area contributed by atoms with Crippen LogP contribution in [0.1, 0.15) is 66.7 Å². The number of benzene rings is 1. The van der Waals surface area contributed by atoms with Crippen molar-refractivity contribution in [1.82, 2.24) is 19.2 Å². The molecular weight excluding hydrogens is 372 g/mol. The van der Waals surface area contributed by atoms with Gasteiger partial charge in [-0.1, -0.05) is 25.0 Å². The van der Waals surface area contributed by atoms with E-state index in [4.69, 9.17) is 0 Å². The maximum atomic E-state index is 13.0. The van der Waals surface area contributed by atoms with Crippen LogP contribution in [0.2, 0.25) is 0 Å². The lowest BCUT2D eigenvalue weighted by Crippen LogP contribution is -2.39. The van der Waals surface area contributed by atoms with Gasteiger partial charge in [-0.05, 0) is 44.1 Å². The van der Waals surface area contributed by atoms with E-state index in [1.54, 1.807) is 18.8 Å². The van der Waals surface area contributed by atoms with E-state index in [1.165, 1.54) is 17.5 Å². The van der Waals surface area contributed by atoms with E-state index in [0.717, 1.165) is 42.0 Å². The van der Waals surface area contributed by atoms with Crippen LogP contribution in [0.4, 0.5) is 0 Å². The molecule has 28 heavy (non-hydrogen) atoms. The zero-order valence-corrected chi connectivity index (χ0v) is 17.5. The van der Waals surface area contributed by atoms with Gasteiger partial charge in [0.15, 0.2) is 0 Å². The predicted molar refractivity (Wildman–Crippen MR) is 111 cm³/mol. The summed E-state index contributed by atoms with van der Waals surface area (Å²) in [7, 11) is 1.75. The average Bonchev–Trinajstić information content (AvgIpc) is 3.36. The Morgan fingerprint density at radius 3 is 2.46 bits per heavy atom. The van der Waals surface area contributed by atoms with Gasteiger partial charge in [0.25, 0.3) is 5.91 Å². The van der Waals surface area contributed by atoms with Gasteiger partial charge >= 0.3 is 5.69 Å². The standard InChI is InChI=1S/C21H28N4O2S/c1-23-21(27)25(16-7-3-4-8-16)19(22-23)15-11-13-24(14-12-15)20(26)17-9-5-6-10-18(17)28-2/h5-6,9-10,15-16H,3-4,7-8,11-14H2,1-2H3. The maximum Gasteiger partial charge on any atom is 0.345 e. The Balaban J connectivity index is 1.50. The predicted octanol–water partition coefficient (Wildman–Crippen LogP) is 3.44. The fourth-order valence-electron chi connectivity index (χ4n) is 4.62. The van der Waals surface area contributed by atoms with Gasteiger partial charge in [-0.15, -0.1) is 11.8 Å². The fraction of sp³-hybridized carbons (Fsp3) is 0.571. The smallest absolute Gasteiger partial charge is 0.339 e. The summed E-state index contributed by atoms with van der Waals surface area (Å²) in [5, 5.41) is 4.59. The van der Waals surface area contributed by atoms with Crippen LogP contribution >= 0.6 is 11.8 Å². The molecule has 7 heteroatoms. The van der Waals surface area contributed by atoms with Gasteiger partial charge in [0.1, 0.15) is 5.82 Å². The topological polar surface area (TPSA) is 60.1 Å². The van der Waals surface area contributed by atoms with E-state index >= 15 is 0 Å². The number of likely N-dealkylation sites (tertiary alicyclic amines) is 1. The number of thioether (sulfide) groups is 1. The average molecular weight is 401 g/mol. The molecule has 2 fully saturated rings. The second-order valence-electron chi connectivity index (χ2n) is 7.84. The van der Waals surface area contributed by atoms with Gasteiger partial charge < -0.3 is 4.90 Å². The van der Waals surface area contributed by atoms with Crippen molar-refractivity contribution in [3.63, 3.8) is 0 Å². The number of rotatable bonds is 4. The number of nitrogens with zero attached hydrogens (tertiary/aromatic N) is 4. The van der Waals surface area contributed by atoms with Crippen molar-refractivity contribution in [2.24, 2.45) is 7.05 Å². The quantitative estimate of drug-likeness (QED) is 0.738. The summed E-state index contributed by atoms with van der Waals surface area (Å²) in [6.45, 7) is 1.42. The van der Waals surface area contributed by atoms with Gasteiger partial charge in [-0.3, -0.25) is 9.36 Å². The van der Waals surface area contributed by atoms with Crippen molar-refractivity contribution < 1.29 is 4.79 Å². The molecule has 0 unspecified atom stereocenters. The summed E-state index contributed by atoms with van der Waals surface area (Å²) < 4.78 is 3.44. The van der Waals surface area contributed by atoms with E-state index in [-0.39, 0.29) is 17.5 Å². The molecule has 1 saturated heterocycles. The highest BCUT2D eigenvalue weighted by atomic mass is 32.2. The summed E-state index contributed by atoms with van der Waals surface area (Å²) in [5.41, 5.74) is 0.795. The van der Waals surface area contributed by atoms with Crippen LogP contribution in [-0.2, 0) is 7.05 Å². The zero-order valence-electron chi connectivity index (χ0n) is 16.6. The molecule has 0 N–H and O–H groups in total. The van der Waals surface area contributed by atoms with E-state index in [1.807, 2.05) is 40.0 Å². The van der Waals surface area contributed by atoms with E-state index in [0.29, 0.717) is 19.1 Å². The molecule has 1 saturated carbocycles. The van der Waals surface area contributed by atoms with Crippen molar-refractivity contribution >= 4 is 17.7 Å². The Morgan fingerprint density at radius 1 is 1.11 bits per heavy atom. The Morgan fingerprint density at radius 2 is 1.79 bits per heavy atom. The van der Waals surface area contributed by atoms with Gasteiger partial charge in [0, 0.05) is 37.0 Å². The SMILES string of the molecule is CSc1ccccc1C(=O)N1CCC(c2nn(C)c(=O)n2C2CCCC2)CC1. The molecule has 2 aromatic rings. The lowest BCUT2D eigenvalue weighted by molar-refractivity contribution is 0.0706. The number of piperidine rings is 1. The Hall–Kier alpha value is -2.02. The molecule has 2 heterocycles. The van der Waals surface area contributed by atoms with Crippen molar-refractivity contribution in [2.45, 2.75) is 55.4 Å². The second-order valence-corrected chi connectivity index (χ2v) is 8.69. The number of aromatic nitrogens is 3. The van der Waals surface area contributed by atoms with E-state index < -0.39 is 0 Å². The lowest BCUT2D eigenvalue weighted by atomic mass is 9.95. The number of hydrogen-bond acceptors (Lipinski definition) is 4. The summed E-state index contributed by atoms with van der Waals surface area (Å²) in [5.74, 6) is 1.28. The normalized spacial score (nSPS) is 18.7. The minimum absolute atomic E-state index is 0.00861. The van der Waals surface area contributed by atoms with Crippen molar-refractivity contribution in [3.8, 4) is 0 Å². The van der Waals surface area contributed by atoms with Crippen LogP contribution in [0, 0.1) is 0 Å². The van der Waals surface area contributed by atoms with E-state index in [9.17, 15) is 9.59 Å². The van der Waals surface area contributed by atoms with Gasteiger partial charge in [0.05, 0.1) is 5.56 Å². The molecule has 2 aliphatic rings. The highest BCUT2D eigenvalue weighted by Crippen LogP contribution is 2.34. The Bertz CT molecular complexity index is 905. The molecule has 150 valence electrons. The van der Waals surface area contributed by atoms with E-state index in [2.05, 4.69) is 5.10 Å². The maximum absolute atomic E-state index is 13.0. The molecule has 0 radical (unpaired) electrons. The summed E-state index contributed by atoms with van der Waals surface area (Å²) in [6, 6.07) is 8.10. The zero-order chi connectivity index (χ0) is 19.7. The number of carbonyl (C=O) groups excluding carboxylic acids is 1. The van der Waals surface area contributed by atoms with Crippen LogP contribution in [0.25, 0.3) is 0 Å². The second kappa shape index (κ2) is 8.15. The number of carbonyl (C=O) groups is 1. The molecule has 1 amide bonds. The van der Waals surface area contributed by atoms with Crippen LogP contribution in [-0.4, -0.2) is 44.5 Å². The first-order valence-corrected chi connectivity index (χ1v) is 11.4. The first kappa shape index (κ1) is 19.3. The monoisotopic (exact) mass is 400 g/mol. The van der Waals surface area contributed by atoms with Crippen LogP contribution in [0.3, 0.4) is 0 Å². The molecule has 0 atom stereocenters. The number of hydrogen-bond donors (Lipinski definition) is 0. The van der Waals surface area contributed by atoms with Gasteiger partial charge in [-0.25, -0.2) is 9.48 Å². The van der Waals surface area contributed by atoms with Crippen molar-refractivity contribution in [3.05, 3.63) is 46.1 Å². The fourth-order valence-corrected chi connectivity index (χ4v) is 5.20. The highest BCUT2D eigenvalue weighted by Gasteiger charge is 2.32. The molecule has 0 spiro atoms. The molecule has 1 aromatic carbocycles. The molecule has 1 aromatic heterocycles. The summed E-state index contributed by atoms with van der Waals surface area (Å²) >= 11 is 1.61. The molecular formula is C21H28N4O2S. The molecule has 1 aliphatic carbocycles. The Kier molecular flexibility index (Phi) is 5.62. The van der Waals surface area contributed by atoms with Crippen LogP contribution in [0.15, 0.2) is 34.0 Å². The van der Waals surface area contributed by atoms with Gasteiger partial charge in [0.2, 0.25) is 0 Å². The minimum atomic E-state index is 0.00861. The molecule has 1 aliphatic heterocycles. The number of amides is 1. The molecule has 6 nitrogen and oxygen atoms in total. The third kappa shape index (κ3) is 3.52. The molecule has 4 rings (SSSR count). The minimum Gasteiger partial charge on any atom is -0.339 e. The summed E-state index contributed by atoms with van der Waals surface area (Å²) in [6.07, 6.45) is 8.23. The first-order chi connectivity index (χ1) is 13.6. The van der Waals surface area contributed by atoms with Crippen molar-refractivity contribution in [1.29, 1.82) is 0 Å². The van der Waals surface area contributed by atoms with Crippen LogP contribution in [0.5, 0.6) is 0 Å². The Labute approximate surface area is 169 Å². The third-order valence-corrected chi connectivity index (χ3v) is 6.95. The summed E-state index contributed by atoms with van der Waals surface area (Å²) in [4.78, 5) is 28.6. The van der Waals surface area contributed by atoms with Crippen molar-refractivity contribution in [2.75, 3.05) is 19.3 Å². The third-order valence-electron chi connectivity index (χ3n) is 6.16. The largest absolute Gasteiger partial charge is 0.345 e. The highest BCUT2D eigenvalue weighted by molar-refractivity contribution is 7.98. The first-order valence-electron chi connectivity index (χ1n) is 10.2. The molecule has 0 bridgehead atoms. The van der Waals surface area contributed by atoms with Gasteiger partial charge in [-0.2, -0.15) is 5.10 Å². The lowest BCUT2D eigenvalue weighted by Gasteiger charge is -2.32.